The Morgan fingerprint density at radius 1 is 1.14 bits per heavy atom. The van der Waals surface area contributed by atoms with Crippen molar-refractivity contribution < 1.29 is 4.74 Å². The van der Waals surface area contributed by atoms with Gasteiger partial charge in [0.15, 0.2) is 0 Å². The predicted molar refractivity (Wildman–Crippen MR) is 88.6 cm³/mol. The minimum atomic E-state index is 0.377. The first kappa shape index (κ1) is 14.1. The monoisotopic (exact) mass is 281 g/mol. The highest BCUT2D eigenvalue weighted by Gasteiger charge is 2.17. The Morgan fingerprint density at radius 3 is 2.71 bits per heavy atom. The summed E-state index contributed by atoms with van der Waals surface area (Å²) in [5.41, 5.74) is 2.48. The quantitative estimate of drug-likeness (QED) is 0.754. The molecule has 2 aromatic rings. The summed E-state index contributed by atoms with van der Waals surface area (Å²) in [6.07, 6.45) is 12.7. The lowest BCUT2D eigenvalue weighted by molar-refractivity contribution is 0.155. The van der Waals surface area contributed by atoms with Gasteiger partial charge < -0.3 is 4.74 Å². The number of hydrogen-bond donors (Lipinski definition) is 0. The smallest absolute Gasteiger partial charge is 0.127 e. The molecule has 0 amide bonds. The van der Waals surface area contributed by atoms with Gasteiger partial charge in [0.25, 0.3) is 0 Å². The fourth-order valence-electron chi connectivity index (χ4n) is 3.08. The van der Waals surface area contributed by atoms with Crippen molar-refractivity contribution >= 4 is 16.8 Å². The Labute approximate surface area is 126 Å². The molecule has 1 aromatic heterocycles. The Morgan fingerprint density at radius 2 is 1.95 bits per heavy atom. The van der Waals surface area contributed by atoms with E-state index < -0.39 is 0 Å². The van der Waals surface area contributed by atoms with Gasteiger partial charge in [0.1, 0.15) is 5.75 Å². The average molecular weight is 281 g/mol. The first-order valence-electron chi connectivity index (χ1n) is 7.92. The molecule has 21 heavy (non-hydrogen) atoms. The molecule has 0 N–H and O–H groups in total. The lowest BCUT2D eigenvalue weighted by atomic mass is 9.97. The van der Waals surface area contributed by atoms with E-state index in [1.807, 2.05) is 12.4 Å². The van der Waals surface area contributed by atoms with Gasteiger partial charge in [-0.25, -0.2) is 0 Å². The second-order valence-corrected chi connectivity index (χ2v) is 6.17. The van der Waals surface area contributed by atoms with E-state index in [1.54, 1.807) is 0 Å². The highest BCUT2D eigenvalue weighted by atomic mass is 16.5. The predicted octanol–water partition coefficient (Wildman–Crippen LogP) is 5.37. The van der Waals surface area contributed by atoms with Crippen LogP contribution in [0.15, 0.2) is 36.2 Å². The van der Waals surface area contributed by atoms with Crippen molar-refractivity contribution in [1.82, 2.24) is 4.98 Å². The third-order valence-electron chi connectivity index (χ3n) is 4.10. The summed E-state index contributed by atoms with van der Waals surface area (Å²) in [6, 6.07) is 6.30. The van der Waals surface area contributed by atoms with Gasteiger partial charge in [0.2, 0.25) is 0 Å². The first-order valence-corrected chi connectivity index (χ1v) is 7.92. The van der Waals surface area contributed by atoms with Crippen LogP contribution >= 0.6 is 0 Å². The molecule has 1 aliphatic rings. The summed E-state index contributed by atoms with van der Waals surface area (Å²) in [5.74, 6) is 1.02. The van der Waals surface area contributed by atoms with Crippen LogP contribution in [0, 0.1) is 0 Å². The van der Waals surface area contributed by atoms with E-state index in [0.29, 0.717) is 6.10 Å². The van der Waals surface area contributed by atoms with Crippen molar-refractivity contribution in [2.24, 2.45) is 0 Å². The summed E-state index contributed by atoms with van der Waals surface area (Å²) in [7, 11) is 0. The van der Waals surface area contributed by atoms with E-state index in [-0.39, 0.29) is 0 Å². The number of pyridine rings is 1. The second kappa shape index (κ2) is 6.30. The molecule has 1 aliphatic carbocycles. The summed E-state index contributed by atoms with van der Waals surface area (Å²) >= 11 is 0. The number of ether oxygens (including phenoxy) is 1. The van der Waals surface area contributed by atoms with Crippen LogP contribution in [0.4, 0.5) is 0 Å². The zero-order chi connectivity index (χ0) is 14.7. The molecule has 0 unspecified atom stereocenters. The summed E-state index contributed by atoms with van der Waals surface area (Å²) < 4.78 is 6.33. The van der Waals surface area contributed by atoms with Crippen molar-refractivity contribution in [2.45, 2.75) is 52.1 Å². The molecular formula is C19H23NO. The average Bonchev–Trinajstić information content (AvgIpc) is 2.50. The van der Waals surface area contributed by atoms with Gasteiger partial charge in [-0.15, -0.1) is 0 Å². The zero-order valence-corrected chi connectivity index (χ0v) is 12.9. The van der Waals surface area contributed by atoms with E-state index >= 15 is 0 Å². The van der Waals surface area contributed by atoms with Crippen LogP contribution in [-0.2, 0) is 0 Å². The van der Waals surface area contributed by atoms with Gasteiger partial charge >= 0.3 is 0 Å². The van der Waals surface area contributed by atoms with Crippen LogP contribution in [0.3, 0.4) is 0 Å². The minimum absolute atomic E-state index is 0.377. The second-order valence-electron chi connectivity index (χ2n) is 6.17. The fourth-order valence-corrected chi connectivity index (χ4v) is 3.08. The number of rotatable bonds is 3. The maximum atomic E-state index is 6.33. The number of fused-ring (bicyclic) bond motifs is 1. The Hall–Kier alpha value is -1.83. The van der Waals surface area contributed by atoms with E-state index in [9.17, 15) is 0 Å². The molecule has 2 nitrogen and oxygen atoms in total. The molecule has 1 fully saturated rings. The third-order valence-corrected chi connectivity index (χ3v) is 4.10. The number of allylic oxidation sites excluding steroid dienone is 1. The Kier molecular flexibility index (Phi) is 4.23. The molecule has 0 aliphatic heterocycles. The highest BCUT2D eigenvalue weighted by Crippen LogP contribution is 2.32. The standard InChI is InChI=1S/C19H23NO/c1-14(2)12-18-17-10-11-20-13-15(17)8-9-19(18)21-16-6-4-3-5-7-16/h8-13,16H,3-7H2,1-2H3. The highest BCUT2D eigenvalue weighted by molar-refractivity contribution is 5.92. The van der Waals surface area contributed by atoms with E-state index in [4.69, 9.17) is 4.74 Å². The van der Waals surface area contributed by atoms with E-state index in [0.717, 1.165) is 5.75 Å². The number of nitrogens with zero attached hydrogens (tertiary/aromatic N) is 1. The molecule has 2 heteroatoms. The molecule has 0 atom stereocenters. The molecule has 0 radical (unpaired) electrons. The van der Waals surface area contributed by atoms with Crippen LogP contribution in [0.2, 0.25) is 0 Å². The van der Waals surface area contributed by atoms with Crippen LogP contribution in [0.5, 0.6) is 5.75 Å². The maximum Gasteiger partial charge on any atom is 0.127 e. The van der Waals surface area contributed by atoms with Gasteiger partial charge in [-0.2, -0.15) is 0 Å². The summed E-state index contributed by atoms with van der Waals surface area (Å²) in [5, 5.41) is 2.39. The third kappa shape index (κ3) is 3.26. The van der Waals surface area contributed by atoms with Crippen molar-refractivity contribution in [1.29, 1.82) is 0 Å². The largest absolute Gasteiger partial charge is 0.490 e. The van der Waals surface area contributed by atoms with Gasteiger partial charge in [-0.1, -0.05) is 18.1 Å². The van der Waals surface area contributed by atoms with Gasteiger partial charge in [-0.3, -0.25) is 4.98 Å². The van der Waals surface area contributed by atoms with Crippen molar-refractivity contribution in [3.05, 3.63) is 41.7 Å². The Balaban J connectivity index is 2.02. The fraction of sp³-hybridized carbons (Fsp3) is 0.421. The first-order chi connectivity index (χ1) is 10.2. The lowest BCUT2D eigenvalue weighted by Crippen LogP contribution is -2.20. The SMILES string of the molecule is CC(C)=Cc1c(OC2CCCCC2)ccc2cnccc12. The van der Waals surface area contributed by atoms with Crippen molar-refractivity contribution in [2.75, 3.05) is 0 Å². The molecule has 0 spiro atoms. The molecule has 110 valence electrons. The van der Waals surface area contributed by atoms with Gasteiger partial charge in [0, 0.05) is 23.3 Å². The molecule has 1 heterocycles. The van der Waals surface area contributed by atoms with Crippen LogP contribution < -0.4 is 4.74 Å². The van der Waals surface area contributed by atoms with Gasteiger partial charge in [0.05, 0.1) is 6.10 Å². The topological polar surface area (TPSA) is 22.1 Å². The van der Waals surface area contributed by atoms with Crippen molar-refractivity contribution in [3.8, 4) is 5.75 Å². The molecule has 0 bridgehead atoms. The maximum absolute atomic E-state index is 6.33. The number of benzene rings is 1. The number of hydrogen-bond acceptors (Lipinski definition) is 2. The van der Waals surface area contributed by atoms with Gasteiger partial charge in [-0.05, 0) is 63.1 Å². The van der Waals surface area contributed by atoms with Crippen LogP contribution in [-0.4, -0.2) is 11.1 Å². The van der Waals surface area contributed by atoms with Crippen molar-refractivity contribution in [3.63, 3.8) is 0 Å². The zero-order valence-electron chi connectivity index (χ0n) is 12.9. The minimum Gasteiger partial charge on any atom is -0.490 e. The van der Waals surface area contributed by atoms with Crippen LogP contribution in [0.25, 0.3) is 16.8 Å². The van der Waals surface area contributed by atoms with Crippen LogP contribution in [0.1, 0.15) is 51.5 Å². The number of aromatic nitrogens is 1. The molecule has 1 saturated carbocycles. The molecule has 0 saturated heterocycles. The van der Waals surface area contributed by atoms with E-state index in [2.05, 4.69) is 43.1 Å². The summed E-state index contributed by atoms with van der Waals surface area (Å²) in [6.45, 7) is 4.26. The molecular weight excluding hydrogens is 258 g/mol. The summed E-state index contributed by atoms with van der Waals surface area (Å²) in [4.78, 5) is 4.22. The normalized spacial score (nSPS) is 15.9. The van der Waals surface area contributed by atoms with E-state index in [1.165, 1.54) is 54.0 Å². The lowest BCUT2D eigenvalue weighted by Gasteiger charge is -2.24. The Bertz CT molecular complexity index is 650. The molecule has 3 rings (SSSR count). The molecule has 1 aromatic carbocycles.